The fourth-order valence-electron chi connectivity index (χ4n) is 4.82. The molecule has 2 aliphatic rings. The van der Waals surface area contributed by atoms with Crippen LogP contribution in [0.3, 0.4) is 0 Å². The summed E-state index contributed by atoms with van der Waals surface area (Å²) in [4.78, 5) is 16.9. The van der Waals surface area contributed by atoms with Crippen LogP contribution in [0.25, 0.3) is 0 Å². The fraction of sp³-hybridized carbons (Fsp3) is 0.462. The van der Waals surface area contributed by atoms with Gasteiger partial charge in [-0.05, 0) is 60.5 Å². The van der Waals surface area contributed by atoms with Crippen LogP contribution in [-0.2, 0) is 24.3 Å². The number of hydrogen-bond acceptors (Lipinski definition) is 6. The number of phenols is 1. The van der Waals surface area contributed by atoms with Gasteiger partial charge in [0.25, 0.3) is 5.91 Å². The summed E-state index contributed by atoms with van der Waals surface area (Å²) in [6.45, 7) is 6.93. The topological polar surface area (TPSA) is 77.4 Å². The van der Waals surface area contributed by atoms with Crippen LogP contribution in [0.2, 0.25) is 0 Å². The minimum Gasteiger partial charge on any atom is -0.504 e. The monoisotopic (exact) mass is 450 g/mol. The highest BCUT2D eigenvalue weighted by atomic mass is 16.5. The van der Waals surface area contributed by atoms with E-state index in [1.807, 2.05) is 12.1 Å². The first-order chi connectivity index (χ1) is 16.0. The summed E-state index contributed by atoms with van der Waals surface area (Å²) in [6, 6.07) is 12.0. The molecule has 33 heavy (non-hydrogen) atoms. The van der Waals surface area contributed by atoms with Gasteiger partial charge in [0.2, 0.25) is 0 Å². The molecule has 2 aromatic rings. The molecule has 0 radical (unpaired) electrons. The van der Waals surface area contributed by atoms with Crippen LogP contribution in [0.1, 0.15) is 42.0 Å². The summed E-state index contributed by atoms with van der Waals surface area (Å²) in [5.74, 6) is 1.11. The van der Waals surface area contributed by atoms with Gasteiger partial charge < -0.3 is 9.84 Å². The number of piperidine rings is 1. The average Bonchev–Trinajstić information content (AvgIpc) is 2.81. The minimum atomic E-state index is -0.140. The van der Waals surface area contributed by atoms with Gasteiger partial charge >= 0.3 is 0 Å². The van der Waals surface area contributed by atoms with E-state index in [2.05, 4.69) is 45.4 Å². The number of amides is 1. The maximum Gasteiger partial charge on any atom is 0.254 e. The van der Waals surface area contributed by atoms with Crippen molar-refractivity contribution in [3.8, 4) is 11.5 Å². The molecule has 1 saturated heterocycles. The number of carbonyl (C=O) groups is 1. The molecule has 0 aliphatic carbocycles. The molecule has 7 nitrogen and oxygen atoms in total. The average molecular weight is 451 g/mol. The number of hydrazone groups is 1. The van der Waals surface area contributed by atoms with E-state index in [-0.39, 0.29) is 11.7 Å². The smallest absolute Gasteiger partial charge is 0.254 e. The maximum absolute atomic E-state index is 12.4. The molecule has 2 aliphatic heterocycles. The van der Waals surface area contributed by atoms with Crippen LogP contribution in [0.15, 0.2) is 41.5 Å². The molecule has 0 spiro atoms. The fourth-order valence-corrected chi connectivity index (χ4v) is 4.82. The van der Waals surface area contributed by atoms with Crippen molar-refractivity contribution >= 4 is 12.1 Å². The Morgan fingerprint density at radius 2 is 2.06 bits per heavy atom. The lowest BCUT2D eigenvalue weighted by atomic mass is 9.99. The number of nitrogens with one attached hydrogen (secondary N) is 1. The highest BCUT2D eigenvalue weighted by Crippen LogP contribution is 2.32. The van der Waals surface area contributed by atoms with Gasteiger partial charge in [-0.2, -0.15) is 5.10 Å². The van der Waals surface area contributed by atoms with Gasteiger partial charge in [-0.15, -0.1) is 0 Å². The van der Waals surface area contributed by atoms with Crippen molar-refractivity contribution in [2.45, 2.75) is 39.3 Å². The Balaban J connectivity index is 1.35. The number of nitrogens with zero attached hydrogens (tertiary/aromatic N) is 3. The minimum absolute atomic E-state index is 0.140. The van der Waals surface area contributed by atoms with Gasteiger partial charge in [-0.1, -0.05) is 31.2 Å². The first-order valence-electron chi connectivity index (χ1n) is 11.7. The second-order valence-electron chi connectivity index (χ2n) is 9.24. The summed E-state index contributed by atoms with van der Waals surface area (Å²) in [5, 5.41) is 14.8. The zero-order chi connectivity index (χ0) is 23.2. The third-order valence-electron chi connectivity index (χ3n) is 6.51. The molecule has 0 saturated carbocycles. The zero-order valence-electron chi connectivity index (χ0n) is 19.6. The molecule has 2 N–H and O–H groups in total. The first kappa shape index (κ1) is 23.3. The lowest BCUT2D eigenvalue weighted by molar-refractivity contribution is -0.122. The standard InChI is InChI=1S/C26H34N4O3/c1-19-6-5-10-29(15-19)17-23-12-20(13-24(33-2)26(23)32)14-27-28-25(31)18-30-11-9-21-7-3-4-8-22(21)16-30/h3-4,7-8,12-14,19,32H,5-6,9-11,15-18H2,1-2H3,(H,28,31). The molecule has 4 rings (SSSR count). The van der Waals surface area contributed by atoms with Gasteiger partial charge in [0, 0.05) is 31.7 Å². The Hall–Kier alpha value is -2.90. The number of methoxy groups -OCH3 is 1. The number of ether oxygens (including phenoxy) is 1. The SMILES string of the molecule is COc1cc(C=NNC(=O)CN2CCc3ccccc3C2)cc(CN2CCCC(C)C2)c1O. The molecule has 176 valence electrons. The number of likely N-dealkylation sites (tertiary alicyclic amines) is 1. The van der Waals surface area contributed by atoms with Gasteiger partial charge in [-0.3, -0.25) is 14.6 Å². The quantitative estimate of drug-likeness (QED) is 0.501. The van der Waals surface area contributed by atoms with Crippen molar-refractivity contribution in [2.75, 3.05) is 33.3 Å². The van der Waals surface area contributed by atoms with E-state index in [9.17, 15) is 9.90 Å². The molecule has 2 aromatic carbocycles. The number of fused-ring (bicyclic) bond motifs is 1. The number of benzene rings is 2. The van der Waals surface area contributed by atoms with Crippen LogP contribution < -0.4 is 10.2 Å². The van der Waals surface area contributed by atoms with Gasteiger partial charge in [-0.25, -0.2) is 5.43 Å². The number of hydrogen-bond donors (Lipinski definition) is 2. The highest BCUT2D eigenvalue weighted by molar-refractivity contribution is 5.84. The second-order valence-corrected chi connectivity index (χ2v) is 9.24. The molecule has 1 fully saturated rings. The van der Waals surface area contributed by atoms with Gasteiger partial charge in [0.05, 0.1) is 19.9 Å². The summed E-state index contributed by atoms with van der Waals surface area (Å²) in [5.41, 5.74) is 6.87. The largest absolute Gasteiger partial charge is 0.504 e. The third kappa shape index (κ3) is 6.12. The predicted octanol–water partition coefficient (Wildman–Crippen LogP) is 3.14. The number of phenolic OH excluding ortho intramolecular Hbond substituents is 1. The Bertz CT molecular complexity index is 1010. The normalized spacial score (nSPS) is 19.4. The molecular weight excluding hydrogens is 416 g/mol. The van der Waals surface area contributed by atoms with Gasteiger partial charge in [0.15, 0.2) is 11.5 Å². The number of aromatic hydroxyl groups is 1. The van der Waals surface area contributed by atoms with Crippen LogP contribution in [0.5, 0.6) is 11.5 Å². The Labute approximate surface area is 196 Å². The molecule has 1 unspecified atom stereocenters. The van der Waals surface area contributed by atoms with E-state index in [4.69, 9.17) is 4.74 Å². The van der Waals surface area contributed by atoms with Crippen molar-refractivity contribution in [3.05, 3.63) is 58.7 Å². The molecular formula is C26H34N4O3. The van der Waals surface area contributed by atoms with E-state index in [0.29, 0.717) is 24.8 Å². The summed E-state index contributed by atoms with van der Waals surface area (Å²) < 4.78 is 5.37. The Morgan fingerprint density at radius 1 is 1.24 bits per heavy atom. The van der Waals surface area contributed by atoms with Crippen molar-refractivity contribution in [1.29, 1.82) is 0 Å². The van der Waals surface area contributed by atoms with Crippen molar-refractivity contribution in [1.82, 2.24) is 15.2 Å². The molecule has 0 bridgehead atoms. The lowest BCUT2D eigenvalue weighted by Crippen LogP contribution is -2.38. The van der Waals surface area contributed by atoms with Crippen LogP contribution >= 0.6 is 0 Å². The summed E-state index contributed by atoms with van der Waals surface area (Å²) in [6.07, 6.45) is 4.99. The van der Waals surface area contributed by atoms with Crippen molar-refractivity contribution < 1.29 is 14.6 Å². The molecule has 0 aromatic heterocycles. The Morgan fingerprint density at radius 3 is 2.85 bits per heavy atom. The van der Waals surface area contributed by atoms with Crippen molar-refractivity contribution in [2.24, 2.45) is 11.0 Å². The van der Waals surface area contributed by atoms with E-state index in [1.54, 1.807) is 19.4 Å². The highest BCUT2D eigenvalue weighted by Gasteiger charge is 2.20. The van der Waals surface area contributed by atoms with Crippen LogP contribution in [0, 0.1) is 5.92 Å². The van der Waals surface area contributed by atoms with Gasteiger partial charge in [0.1, 0.15) is 0 Å². The number of carbonyl (C=O) groups excluding carboxylic acids is 1. The van der Waals surface area contributed by atoms with E-state index < -0.39 is 0 Å². The van der Waals surface area contributed by atoms with E-state index in [1.165, 1.54) is 24.0 Å². The molecule has 1 atom stereocenters. The molecule has 2 heterocycles. The third-order valence-corrected chi connectivity index (χ3v) is 6.51. The van der Waals surface area contributed by atoms with Crippen LogP contribution in [0.4, 0.5) is 0 Å². The van der Waals surface area contributed by atoms with Crippen LogP contribution in [-0.4, -0.2) is 60.3 Å². The van der Waals surface area contributed by atoms with E-state index >= 15 is 0 Å². The zero-order valence-corrected chi connectivity index (χ0v) is 19.6. The Kier molecular flexibility index (Phi) is 7.62. The molecule has 1 amide bonds. The van der Waals surface area contributed by atoms with E-state index in [0.717, 1.165) is 43.7 Å². The first-order valence-corrected chi connectivity index (χ1v) is 11.7. The lowest BCUT2D eigenvalue weighted by Gasteiger charge is -2.31. The second kappa shape index (κ2) is 10.8. The number of rotatable bonds is 7. The summed E-state index contributed by atoms with van der Waals surface area (Å²) in [7, 11) is 1.54. The summed E-state index contributed by atoms with van der Waals surface area (Å²) >= 11 is 0. The maximum atomic E-state index is 12.4. The molecule has 7 heteroatoms. The van der Waals surface area contributed by atoms with Crippen molar-refractivity contribution in [3.63, 3.8) is 0 Å². The predicted molar refractivity (Wildman–Crippen MR) is 129 cm³/mol.